The summed E-state index contributed by atoms with van der Waals surface area (Å²) in [6, 6.07) is 6.58. The molecule has 1 N–H and O–H groups in total. The van der Waals surface area contributed by atoms with E-state index in [-0.39, 0.29) is 10.2 Å². The molecule has 0 atom stereocenters. The van der Waals surface area contributed by atoms with Crippen LogP contribution in [0.3, 0.4) is 0 Å². The van der Waals surface area contributed by atoms with E-state index in [4.69, 9.17) is 16.3 Å². The maximum absolute atomic E-state index is 12.1. The summed E-state index contributed by atoms with van der Waals surface area (Å²) in [5, 5.41) is -0.00924. The maximum Gasteiger partial charge on any atom is 0.264 e. The number of anilines is 1. The van der Waals surface area contributed by atoms with Gasteiger partial charge in [0.25, 0.3) is 10.0 Å². The first-order valence-corrected chi connectivity index (χ1v) is 7.60. The lowest BCUT2D eigenvalue weighted by atomic mass is 10.3. The number of halogens is 1. The van der Waals surface area contributed by atoms with E-state index < -0.39 is 10.0 Å². The third kappa shape index (κ3) is 3.58. The van der Waals surface area contributed by atoms with Gasteiger partial charge in [0.1, 0.15) is 10.6 Å². The minimum atomic E-state index is -3.73. The number of hydrogen-bond donors (Lipinski definition) is 1. The molecule has 0 saturated carbocycles. The van der Waals surface area contributed by atoms with Gasteiger partial charge in [0.15, 0.2) is 0 Å². The van der Waals surface area contributed by atoms with Crippen molar-refractivity contribution in [3.05, 3.63) is 41.9 Å². The molecule has 0 aliphatic carbocycles. The maximum atomic E-state index is 12.1. The molecule has 1 heterocycles. The Morgan fingerprint density at radius 3 is 2.35 bits per heavy atom. The Kier molecular flexibility index (Phi) is 4.41. The molecule has 0 unspecified atom stereocenters. The third-order valence-electron chi connectivity index (χ3n) is 2.32. The zero-order chi connectivity index (χ0) is 14.6. The lowest BCUT2D eigenvalue weighted by molar-refractivity contribution is 0.340. The van der Waals surface area contributed by atoms with Crippen molar-refractivity contribution in [2.75, 3.05) is 11.3 Å². The van der Waals surface area contributed by atoms with Crippen molar-refractivity contribution in [1.82, 2.24) is 9.97 Å². The first-order chi connectivity index (χ1) is 9.51. The Balaban J connectivity index is 2.17. The molecule has 6 nitrogen and oxygen atoms in total. The van der Waals surface area contributed by atoms with Gasteiger partial charge in [-0.05, 0) is 42.8 Å². The number of hydrogen-bond acceptors (Lipinski definition) is 5. The largest absolute Gasteiger partial charge is 0.494 e. The van der Waals surface area contributed by atoms with Gasteiger partial charge in [-0.1, -0.05) is 0 Å². The fraction of sp³-hybridized carbons (Fsp3) is 0.167. The summed E-state index contributed by atoms with van der Waals surface area (Å²) in [6.07, 6.45) is 2.29. The number of nitrogens with one attached hydrogen (secondary N) is 1. The van der Waals surface area contributed by atoms with Gasteiger partial charge in [-0.25, -0.2) is 18.4 Å². The number of aromatic nitrogens is 2. The number of nitrogens with zero attached hydrogens (tertiary/aromatic N) is 2. The van der Waals surface area contributed by atoms with Crippen LogP contribution < -0.4 is 9.46 Å². The highest BCUT2D eigenvalue weighted by Crippen LogP contribution is 2.19. The van der Waals surface area contributed by atoms with Gasteiger partial charge in [0, 0.05) is 5.69 Å². The standard InChI is InChI=1S/C12H12ClN3O3S/c1-2-19-10-5-3-9(4-6-10)16-20(17,18)11-7-14-12(13)15-8-11/h3-8,16H,2H2,1H3. The van der Waals surface area contributed by atoms with Gasteiger partial charge in [-0.15, -0.1) is 0 Å². The fourth-order valence-electron chi connectivity index (χ4n) is 1.44. The summed E-state index contributed by atoms with van der Waals surface area (Å²) >= 11 is 5.52. The van der Waals surface area contributed by atoms with Gasteiger partial charge in [-0.2, -0.15) is 0 Å². The second kappa shape index (κ2) is 6.06. The molecule has 2 rings (SSSR count). The van der Waals surface area contributed by atoms with E-state index in [1.165, 1.54) is 0 Å². The summed E-state index contributed by atoms with van der Waals surface area (Å²) in [5.41, 5.74) is 0.420. The second-order valence-electron chi connectivity index (χ2n) is 3.75. The van der Waals surface area contributed by atoms with Crippen molar-refractivity contribution in [2.24, 2.45) is 0 Å². The number of rotatable bonds is 5. The van der Waals surface area contributed by atoms with Crippen molar-refractivity contribution >= 4 is 27.3 Å². The highest BCUT2D eigenvalue weighted by Gasteiger charge is 2.15. The van der Waals surface area contributed by atoms with Crippen LogP contribution in [0.5, 0.6) is 5.75 Å². The molecule has 20 heavy (non-hydrogen) atoms. The van der Waals surface area contributed by atoms with Crippen LogP contribution in [0.25, 0.3) is 0 Å². The SMILES string of the molecule is CCOc1ccc(NS(=O)(=O)c2cnc(Cl)nc2)cc1. The van der Waals surface area contributed by atoms with Crippen LogP contribution in [0.15, 0.2) is 41.6 Å². The first kappa shape index (κ1) is 14.5. The topological polar surface area (TPSA) is 81.2 Å². The van der Waals surface area contributed by atoms with Gasteiger partial charge in [0.05, 0.1) is 19.0 Å². The molecule has 1 aromatic carbocycles. The van der Waals surface area contributed by atoms with Crippen molar-refractivity contribution in [3.63, 3.8) is 0 Å². The summed E-state index contributed by atoms with van der Waals surface area (Å²) in [6.45, 7) is 2.42. The van der Waals surface area contributed by atoms with Crippen LogP contribution >= 0.6 is 11.6 Å². The first-order valence-electron chi connectivity index (χ1n) is 5.74. The predicted octanol–water partition coefficient (Wildman–Crippen LogP) is 2.33. The molecule has 8 heteroatoms. The van der Waals surface area contributed by atoms with Crippen LogP contribution in [-0.4, -0.2) is 25.0 Å². The molecule has 0 fully saturated rings. The molecule has 0 spiro atoms. The minimum absolute atomic E-state index is 0.00924. The predicted molar refractivity (Wildman–Crippen MR) is 75.5 cm³/mol. The number of sulfonamides is 1. The van der Waals surface area contributed by atoms with Gasteiger partial charge < -0.3 is 4.74 Å². The smallest absolute Gasteiger partial charge is 0.264 e. The monoisotopic (exact) mass is 313 g/mol. The van der Waals surface area contributed by atoms with E-state index in [0.717, 1.165) is 12.4 Å². The van der Waals surface area contributed by atoms with Crippen molar-refractivity contribution in [1.29, 1.82) is 0 Å². The van der Waals surface area contributed by atoms with E-state index in [0.29, 0.717) is 18.0 Å². The lowest BCUT2D eigenvalue weighted by Crippen LogP contribution is -2.13. The molecule has 1 aromatic heterocycles. The Morgan fingerprint density at radius 1 is 1.20 bits per heavy atom. The molecule has 0 amide bonds. The van der Waals surface area contributed by atoms with E-state index >= 15 is 0 Å². The van der Waals surface area contributed by atoms with Crippen LogP contribution in [0.4, 0.5) is 5.69 Å². The minimum Gasteiger partial charge on any atom is -0.494 e. The van der Waals surface area contributed by atoms with Crippen LogP contribution in [0, 0.1) is 0 Å². The fourth-order valence-corrected chi connectivity index (χ4v) is 2.48. The van der Waals surface area contributed by atoms with E-state index in [9.17, 15) is 8.42 Å². The van der Waals surface area contributed by atoms with Crippen LogP contribution in [-0.2, 0) is 10.0 Å². The third-order valence-corrected chi connectivity index (χ3v) is 3.86. The van der Waals surface area contributed by atoms with Crippen LogP contribution in [0.1, 0.15) is 6.92 Å². The highest BCUT2D eigenvalue weighted by molar-refractivity contribution is 7.92. The van der Waals surface area contributed by atoms with Crippen molar-refractivity contribution < 1.29 is 13.2 Å². The Morgan fingerprint density at radius 2 is 1.80 bits per heavy atom. The molecule has 0 radical (unpaired) electrons. The normalized spacial score (nSPS) is 11.1. The zero-order valence-corrected chi connectivity index (χ0v) is 12.1. The molecule has 0 aliphatic heterocycles. The summed E-state index contributed by atoms with van der Waals surface area (Å²) in [7, 11) is -3.73. The van der Waals surface area contributed by atoms with E-state index in [2.05, 4.69) is 14.7 Å². The average Bonchev–Trinajstić information content (AvgIpc) is 2.41. The lowest BCUT2D eigenvalue weighted by Gasteiger charge is -2.08. The van der Waals surface area contributed by atoms with Crippen molar-refractivity contribution in [3.8, 4) is 5.75 Å². The highest BCUT2D eigenvalue weighted by atomic mass is 35.5. The Hall–Kier alpha value is -1.86. The summed E-state index contributed by atoms with van der Waals surface area (Å²) < 4.78 is 31.8. The van der Waals surface area contributed by atoms with Gasteiger partial charge in [-0.3, -0.25) is 4.72 Å². The summed E-state index contributed by atoms with van der Waals surface area (Å²) in [4.78, 5) is 7.22. The zero-order valence-electron chi connectivity index (χ0n) is 10.6. The molecule has 106 valence electrons. The molecule has 0 bridgehead atoms. The van der Waals surface area contributed by atoms with Gasteiger partial charge >= 0.3 is 0 Å². The molecule has 0 saturated heterocycles. The molecular formula is C12H12ClN3O3S. The average molecular weight is 314 g/mol. The number of ether oxygens (including phenoxy) is 1. The molecule has 0 aliphatic rings. The molecular weight excluding hydrogens is 302 g/mol. The van der Waals surface area contributed by atoms with E-state index in [1.54, 1.807) is 24.3 Å². The Labute approximate surface area is 121 Å². The Bertz CT molecular complexity index is 672. The van der Waals surface area contributed by atoms with Crippen molar-refractivity contribution in [2.45, 2.75) is 11.8 Å². The molecule has 2 aromatic rings. The van der Waals surface area contributed by atoms with Gasteiger partial charge in [0.2, 0.25) is 5.28 Å². The summed E-state index contributed by atoms with van der Waals surface area (Å²) in [5.74, 6) is 0.672. The van der Waals surface area contributed by atoms with Crippen LogP contribution in [0.2, 0.25) is 5.28 Å². The quantitative estimate of drug-likeness (QED) is 0.857. The van der Waals surface area contributed by atoms with E-state index in [1.807, 2.05) is 6.92 Å². The second-order valence-corrected chi connectivity index (χ2v) is 5.77. The number of benzene rings is 1.